The maximum absolute atomic E-state index is 12.4. The molecule has 0 aromatic heterocycles. The van der Waals surface area contributed by atoms with E-state index in [1.165, 1.54) is 12.1 Å². The zero-order valence-electron chi connectivity index (χ0n) is 13.9. The van der Waals surface area contributed by atoms with Gasteiger partial charge >= 0.3 is 0 Å². The molecule has 1 aliphatic rings. The average molecular weight is 340 g/mol. The van der Waals surface area contributed by atoms with Crippen molar-refractivity contribution >= 4 is 17.5 Å². The summed E-state index contributed by atoms with van der Waals surface area (Å²) in [6.45, 7) is 0.778. The van der Waals surface area contributed by atoms with Crippen molar-refractivity contribution in [3.05, 3.63) is 54.1 Å². The number of nitrogens with zero attached hydrogens (tertiary/aromatic N) is 1. The number of para-hydroxylation sites is 1. The summed E-state index contributed by atoms with van der Waals surface area (Å²) < 4.78 is 5.31. The monoisotopic (exact) mass is 340 g/mol. The van der Waals surface area contributed by atoms with E-state index >= 15 is 0 Å². The number of amides is 2. The van der Waals surface area contributed by atoms with Gasteiger partial charge in [0.1, 0.15) is 11.5 Å². The second-order valence-corrected chi connectivity index (χ2v) is 6.03. The summed E-state index contributed by atoms with van der Waals surface area (Å²) >= 11 is 0. The molecular weight excluding hydrogens is 320 g/mol. The van der Waals surface area contributed by atoms with Crippen molar-refractivity contribution in [2.45, 2.75) is 13.0 Å². The van der Waals surface area contributed by atoms with Crippen molar-refractivity contribution in [2.75, 3.05) is 19.0 Å². The van der Waals surface area contributed by atoms with Crippen LogP contribution in [-0.4, -0.2) is 35.5 Å². The Morgan fingerprint density at radius 3 is 2.84 bits per heavy atom. The van der Waals surface area contributed by atoms with Crippen LogP contribution in [0.25, 0.3) is 0 Å². The zero-order valence-corrected chi connectivity index (χ0v) is 13.9. The molecule has 1 heterocycles. The fourth-order valence-corrected chi connectivity index (χ4v) is 2.97. The van der Waals surface area contributed by atoms with Gasteiger partial charge in [0.05, 0.1) is 13.0 Å². The lowest BCUT2D eigenvalue weighted by Gasteiger charge is -2.18. The summed E-state index contributed by atoms with van der Waals surface area (Å²) in [5, 5.41) is 12.2. The maximum atomic E-state index is 12.4. The van der Waals surface area contributed by atoms with Gasteiger partial charge in [-0.3, -0.25) is 9.59 Å². The van der Waals surface area contributed by atoms with E-state index in [9.17, 15) is 14.7 Å². The third kappa shape index (κ3) is 3.91. The highest BCUT2D eigenvalue weighted by atomic mass is 16.5. The van der Waals surface area contributed by atoms with Crippen molar-refractivity contribution in [3.63, 3.8) is 0 Å². The third-order valence-corrected chi connectivity index (χ3v) is 4.25. The molecule has 1 aliphatic heterocycles. The minimum absolute atomic E-state index is 0.0537. The molecule has 0 radical (unpaired) electrons. The van der Waals surface area contributed by atoms with E-state index in [0.29, 0.717) is 18.8 Å². The van der Waals surface area contributed by atoms with E-state index in [1.807, 2.05) is 24.3 Å². The van der Waals surface area contributed by atoms with E-state index < -0.39 is 5.92 Å². The van der Waals surface area contributed by atoms with Gasteiger partial charge in [0.25, 0.3) is 0 Å². The molecule has 2 aromatic rings. The van der Waals surface area contributed by atoms with Crippen molar-refractivity contribution in [1.29, 1.82) is 0 Å². The SMILES string of the molecule is COc1ccccc1CN1CC(C(=O)Nc2cccc(O)c2)CC1=O. The Bertz CT molecular complexity index is 790. The molecule has 3 rings (SSSR count). The standard InChI is InChI=1S/C19H20N2O4/c1-25-17-8-3-2-5-13(17)11-21-12-14(9-18(21)23)19(24)20-15-6-4-7-16(22)10-15/h2-8,10,14,22H,9,11-12H2,1H3,(H,20,24). The van der Waals surface area contributed by atoms with Gasteiger partial charge in [-0.1, -0.05) is 24.3 Å². The van der Waals surface area contributed by atoms with E-state index in [-0.39, 0.29) is 24.0 Å². The van der Waals surface area contributed by atoms with Gasteiger partial charge in [-0.05, 0) is 18.2 Å². The Balaban J connectivity index is 1.64. The summed E-state index contributed by atoms with van der Waals surface area (Å²) in [6, 6.07) is 13.9. The normalized spacial score (nSPS) is 16.8. The number of carbonyl (C=O) groups is 2. The Morgan fingerprint density at radius 1 is 1.28 bits per heavy atom. The van der Waals surface area contributed by atoms with Crippen LogP contribution in [0.5, 0.6) is 11.5 Å². The molecule has 2 N–H and O–H groups in total. The van der Waals surface area contributed by atoms with Crippen LogP contribution in [0.4, 0.5) is 5.69 Å². The number of likely N-dealkylation sites (tertiary alicyclic amines) is 1. The predicted octanol–water partition coefficient (Wildman–Crippen LogP) is 2.39. The number of hydrogen-bond donors (Lipinski definition) is 2. The molecule has 6 nitrogen and oxygen atoms in total. The number of methoxy groups -OCH3 is 1. The number of hydrogen-bond acceptors (Lipinski definition) is 4. The van der Waals surface area contributed by atoms with Gasteiger partial charge in [-0.15, -0.1) is 0 Å². The number of rotatable bonds is 5. The fraction of sp³-hybridized carbons (Fsp3) is 0.263. The van der Waals surface area contributed by atoms with Gasteiger partial charge in [0.15, 0.2) is 0 Å². The molecule has 0 saturated carbocycles. The van der Waals surface area contributed by atoms with Crippen molar-refractivity contribution in [3.8, 4) is 11.5 Å². The number of aromatic hydroxyl groups is 1. The first-order valence-corrected chi connectivity index (χ1v) is 8.06. The Kier molecular flexibility index (Phi) is 4.88. The van der Waals surface area contributed by atoms with Crippen molar-refractivity contribution in [1.82, 2.24) is 4.90 Å². The molecule has 1 saturated heterocycles. The highest BCUT2D eigenvalue weighted by Crippen LogP contribution is 2.26. The van der Waals surface area contributed by atoms with E-state index in [2.05, 4.69) is 5.32 Å². The molecule has 1 fully saturated rings. The molecule has 2 amide bonds. The van der Waals surface area contributed by atoms with E-state index in [0.717, 1.165) is 11.3 Å². The molecule has 0 spiro atoms. The number of nitrogens with one attached hydrogen (secondary N) is 1. The van der Waals surface area contributed by atoms with Gasteiger partial charge in [0, 0.05) is 36.8 Å². The van der Waals surface area contributed by atoms with E-state index in [1.54, 1.807) is 24.1 Å². The molecule has 2 aromatic carbocycles. The molecule has 0 bridgehead atoms. The van der Waals surface area contributed by atoms with Gasteiger partial charge in [0.2, 0.25) is 11.8 Å². The number of phenolic OH excluding ortho intramolecular Hbond substituents is 1. The minimum Gasteiger partial charge on any atom is -0.508 e. The molecule has 0 aliphatic carbocycles. The van der Waals surface area contributed by atoms with E-state index in [4.69, 9.17) is 4.74 Å². The van der Waals surface area contributed by atoms with Crippen LogP contribution in [0.3, 0.4) is 0 Å². The first kappa shape index (κ1) is 16.8. The first-order valence-electron chi connectivity index (χ1n) is 8.06. The molecular formula is C19H20N2O4. The molecule has 1 unspecified atom stereocenters. The van der Waals surface area contributed by atoms with Crippen LogP contribution >= 0.6 is 0 Å². The molecule has 130 valence electrons. The summed E-state index contributed by atoms with van der Waals surface area (Å²) in [5.74, 6) is 0.119. The third-order valence-electron chi connectivity index (χ3n) is 4.25. The lowest BCUT2D eigenvalue weighted by atomic mass is 10.1. The van der Waals surface area contributed by atoms with Crippen LogP contribution in [-0.2, 0) is 16.1 Å². The molecule has 25 heavy (non-hydrogen) atoms. The topological polar surface area (TPSA) is 78.9 Å². The summed E-state index contributed by atoms with van der Waals surface area (Å²) in [5.41, 5.74) is 1.42. The first-order chi connectivity index (χ1) is 12.1. The van der Waals surface area contributed by atoms with Gasteiger partial charge < -0.3 is 20.1 Å². The van der Waals surface area contributed by atoms with Gasteiger partial charge in [-0.2, -0.15) is 0 Å². The van der Waals surface area contributed by atoms with Crippen LogP contribution in [0.15, 0.2) is 48.5 Å². The Morgan fingerprint density at radius 2 is 2.08 bits per heavy atom. The Labute approximate surface area is 146 Å². The van der Waals surface area contributed by atoms with Crippen LogP contribution in [0.1, 0.15) is 12.0 Å². The number of benzene rings is 2. The Hall–Kier alpha value is -3.02. The highest BCUT2D eigenvalue weighted by molar-refractivity contribution is 5.97. The fourth-order valence-electron chi connectivity index (χ4n) is 2.97. The smallest absolute Gasteiger partial charge is 0.229 e. The summed E-state index contributed by atoms with van der Waals surface area (Å²) in [6.07, 6.45) is 0.180. The van der Waals surface area contributed by atoms with Gasteiger partial charge in [-0.25, -0.2) is 0 Å². The second kappa shape index (κ2) is 7.25. The quantitative estimate of drug-likeness (QED) is 0.876. The van der Waals surface area contributed by atoms with Crippen LogP contribution in [0, 0.1) is 5.92 Å². The predicted molar refractivity (Wildman–Crippen MR) is 93.3 cm³/mol. The largest absolute Gasteiger partial charge is 0.508 e. The zero-order chi connectivity index (χ0) is 17.8. The molecule has 1 atom stereocenters. The summed E-state index contributed by atoms with van der Waals surface area (Å²) in [4.78, 5) is 26.3. The number of phenols is 1. The number of anilines is 1. The second-order valence-electron chi connectivity index (χ2n) is 6.03. The average Bonchev–Trinajstić information content (AvgIpc) is 2.96. The van der Waals surface area contributed by atoms with Crippen molar-refractivity contribution < 1.29 is 19.4 Å². The number of carbonyl (C=O) groups excluding carboxylic acids is 2. The van der Waals surface area contributed by atoms with Crippen LogP contribution < -0.4 is 10.1 Å². The minimum atomic E-state index is -0.412. The maximum Gasteiger partial charge on any atom is 0.229 e. The highest BCUT2D eigenvalue weighted by Gasteiger charge is 2.34. The van der Waals surface area contributed by atoms with Crippen LogP contribution in [0.2, 0.25) is 0 Å². The lowest BCUT2D eigenvalue weighted by Crippen LogP contribution is -2.28. The summed E-state index contributed by atoms with van der Waals surface area (Å²) in [7, 11) is 1.59. The molecule has 6 heteroatoms. The lowest BCUT2D eigenvalue weighted by molar-refractivity contribution is -0.128. The number of ether oxygens (including phenoxy) is 1. The van der Waals surface area contributed by atoms with Crippen molar-refractivity contribution in [2.24, 2.45) is 5.92 Å².